The van der Waals surface area contributed by atoms with E-state index in [1.54, 1.807) is 37.3 Å². The van der Waals surface area contributed by atoms with Crippen LogP contribution >= 0.6 is 0 Å². The average molecular weight is 366 g/mol. The van der Waals surface area contributed by atoms with Crippen LogP contribution < -0.4 is 10.1 Å². The van der Waals surface area contributed by atoms with E-state index in [1.807, 2.05) is 0 Å². The van der Waals surface area contributed by atoms with Gasteiger partial charge in [-0.15, -0.1) is 0 Å². The van der Waals surface area contributed by atoms with E-state index in [9.17, 15) is 18.0 Å². The Bertz CT molecular complexity index is 791. The number of fused-ring (bicyclic) bond motifs is 1. The molecule has 1 saturated heterocycles. The maximum atomic E-state index is 13.0. The van der Waals surface area contributed by atoms with Gasteiger partial charge in [0.2, 0.25) is 11.8 Å². The van der Waals surface area contributed by atoms with E-state index in [4.69, 9.17) is 4.74 Å². The molecule has 25 heavy (non-hydrogen) atoms. The van der Waals surface area contributed by atoms with E-state index in [1.165, 1.54) is 0 Å². The van der Waals surface area contributed by atoms with Gasteiger partial charge in [0.25, 0.3) is 0 Å². The maximum absolute atomic E-state index is 13.0. The summed E-state index contributed by atoms with van der Waals surface area (Å²) in [5.74, 6) is -0.110. The molecule has 1 N–H and O–H groups in total. The van der Waals surface area contributed by atoms with Crippen LogP contribution in [0.15, 0.2) is 18.2 Å². The standard InChI is InChI=1S/C17H22N2O5S/c1-19(11-5-7-25(22,23)8-6-11)17(21)14-10-16(20)18-15-4-3-12(24-2)9-13(14)15/h3-4,9,11,14H,5-8,10H2,1-2H3,(H,18,20). The highest BCUT2D eigenvalue weighted by Gasteiger charge is 2.36. The van der Waals surface area contributed by atoms with Gasteiger partial charge in [-0.25, -0.2) is 8.42 Å². The minimum atomic E-state index is -2.98. The van der Waals surface area contributed by atoms with Crippen LogP contribution in [-0.4, -0.2) is 56.8 Å². The maximum Gasteiger partial charge on any atom is 0.230 e. The number of anilines is 1. The molecule has 1 fully saturated rings. The van der Waals surface area contributed by atoms with Crippen LogP contribution in [-0.2, 0) is 19.4 Å². The molecule has 2 amide bonds. The second-order valence-corrected chi connectivity index (χ2v) is 8.89. The number of benzene rings is 1. The number of carbonyl (C=O) groups excluding carboxylic acids is 2. The van der Waals surface area contributed by atoms with Crippen molar-refractivity contribution in [2.24, 2.45) is 0 Å². The van der Waals surface area contributed by atoms with Crippen molar-refractivity contribution in [1.29, 1.82) is 0 Å². The third-order valence-corrected chi connectivity index (χ3v) is 6.73. The zero-order valence-electron chi connectivity index (χ0n) is 14.3. The number of amides is 2. The normalized spacial score (nSPS) is 22.6. The molecule has 136 valence electrons. The van der Waals surface area contributed by atoms with Crippen molar-refractivity contribution in [3.05, 3.63) is 23.8 Å². The van der Waals surface area contributed by atoms with Gasteiger partial charge in [-0.1, -0.05) is 0 Å². The molecule has 2 aliphatic heterocycles. The largest absolute Gasteiger partial charge is 0.497 e. The molecule has 0 aromatic heterocycles. The molecule has 1 atom stereocenters. The monoisotopic (exact) mass is 366 g/mol. The summed E-state index contributed by atoms with van der Waals surface area (Å²) in [5, 5.41) is 2.78. The Hall–Kier alpha value is -2.09. The van der Waals surface area contributed by atoms with Crippen LogP contribution in [0, 0.1) is 0 Å². The van der Waals surface area contributed by atoms with E-state index in [-0.39, 0.29) is 35.8 Å². The van der Waals surface area contributed by atoms with Crippen LogP contribution in [0.2, 0.25) is 0 Å². The molecule has 2 aliphatic rings. The summed E-state index contributed by atoms with van der Waals surface area (Å²) in [4.78, 5) is 26.6. The lowest BCUT2D eigenvalue weighted by molar-refractivity contribution is -0.135. The Morgan fingerprint density at radius 1 is 1.28 bits per heavy atom. The number of likely N-dealkylation sites (N-methyl/N-ethyl adjacent to an activating group) is 1. The number of nitrogens with zero attached hydrogens (tertiary/aromatic N) is 1. The number of sulfone groups is 1. The fourth-order valence-corrected chi connectivity index (χ4v) is 4.94. The lowest BCUT2D eigenvalue weighted by atomic mass is 9.88. The molecule has 0 spiro atoms. The van der Waals surface area contributed by atoms with Gasteiger partial charge in [-0.3, -0.25) is 9.59 Å². The first kappa shape index (κ1) is 17.7. The molecule has 3 rings (SSSR count). The highest BCUT2D eigenvalue weighted by Crippen LogP contribution is 2.36. The number of methoxy groups -OCH3 is 1. The van der Waals surface area contributed by atoms with Crippen molar-refractivity contribution in [1.82, 2.24) is 4.90 Å². The summed E-state index contributed by atoms with van der Waals surface area (Å²) in [7, 11) is 0.257. The van der Waals surface area contributed by atoms with Gasteiger partial charge in [0.15, 0.2) is 0 Å². The Kier molecular flexibility index (Phi) is 4.73. The van der Waals surface area contributed by atoms with Gasteiger partial charge in [0, 0.05) is 25.2 Å². The first-order valence-electron chi connectivity index (χ1n) is 8.25. The topological polar surface area (TPSA) is 92.8 Å². The van der Waals surface area contributed by atoms with Crippen molar-refractivity contribution in [2.45, 2.75) is 31.2 Å². The summed E-state index contributed by atoms with van der Waals surface area (Å²) >= 11 is 0. The Morgan fingerprint density at radius 3 is 2.60 bits per heavy atom. The molecule has 8 heteroatoms. The molecular formula is C17H22N2O5S. The number of rotatable bonds is 3. The number of hydrogen-bond donors (Lipinski definition) is 1. The zero-order valence-corrected chi connectivity index (χ0v) is 15.1. The molecule has 1 unspecified atom stereocenters. The van der Waals surface area contributed by atoms with Crippen molar-refractivity contribution in [3.8, 4) is 5.75 Å². The summed E-state index contributed by atoms with van der Waals surface area (Å²) in [5.41, 5.74) is 1.36. The van der Waals surface area contributed by atoms with Crippen LogP contribution in [0.5, 0.6) is 5.75 Å². The third-order valence-electron chi connectivity index (χ3n) is 5.02. The lowest BCUT2D eigenvalue weighted by Gasteiger charge is -2.35. The first-order valence-corrected chi connectivity index (χ1v) is 10.1. The smallest absolute Gasteiger partial charge is 0.230 e. The van der Waals surface area contributed by atoms with Gasteiger partial charge >= 0.3 is 0 Å². The van der Waals surface area contributed by atoms with Crippen molar-refractivity contribution < 1.29 is 22.7 Å². The van der Waals surface area contributed by atoms with Gasteiger partial charge in [-0.05, 0) is 36.6 Å². The quantitative estimate of drug-likeness (QED) is 0.866. The molecule has 1 aromatic rings. The summed E-state index contributed by atoms with van der Waals surface area (Å²) < 4.78 is 28.4. The average Bonchev–Trinajstić information content (AvgIpc) is 2.59. The Labute approximate surface area is 147 Å². The predicted octanol–water partition coefficient (Wildman–Crippen LogP) is 1.16. The predicted molar refractivity (Wildman–Crippen MR) is 93.4 cm³/mol. The molecule has 2 heterocycles. The lowest BCUT2D eigenvalue weighted by Crippen LogP contribution is -2.45. The van der Waals surface area contributed by atoms with E-state index in [0.29, 0.717) is 24.3 Å². The highest BCUT2D eigenvalue weighted by atomic mass is 32.2. The van der Waals surface area contributed by atoms with Crippen LogP contribution in [0.25, 0.3) is 0 Å². The molecule has 0 saturated carbocycles. The van der Waals surface area contributed by atoms with Crippen molar-refractivity contribution in [3.63, 3.8) is 0 Å². The molecule has 1 aromatic carbocycles. The first-order chi connectivity index (χ1) is 11.8. The van der Waals surface area contributed by atoms with Crippen LogP contribution in [0.1, 0.15) is 30.7 Å². The minimum Gasteiger partial charge on any atom is -0.497 e. The van der Waals surface area contributed by atoms with Gasteiger partial charge < -0.3 is 15.0 Å². The zero-order chi connectivity index (χ0) is 18.2. The Morgan fingerprint density at radius 2 is 1.96 bits per heavy atom. The highest BCUT2D eigenvalue weighted by molar-refractivity contribution is 7.91. The molecule has 0 aliphatic carbocycles. The Balaban J connectivity index is 1.83. The van der Waals surface area contributed by atoms with E-state index in [2.05, 4.69) is 5.32 Å². The molecule has 0 radical (unpaired) electrons. The van der Waals surface area contributed by atoms with E-state index >= 15 is 0 Å². The number of ether oxygens (including phenoxy) is 1. The van der Waals surface area contributed by atoms with Gasteiger partial charge in [-0.2, -0.15) is 0 Å². The summed E-state index contributed by atoms with van der Waals surface area (Å²) in [6, 6.07) is 5.13. The van der Waals surface area contributed by atoms with Crippen LogP contribution in [0.4, 0.5) is 5.69 Å². The fourth-order valence-electron chi connectivity index (χ4n) is 3.48. The summed E-state index contributed by atoms with van der Waals surface area (Å²) in [6.07, 6.45) is 0.956. The van der Waals surface area contributed by atoms with E-state index in [0.717, 1.165) is 5.56 Å². The van der Waals surface area contributed by atoms with Crippen LogP contribution in [0.3, 0.4) is 0 Å². The minimum absolute atomic E-state index is 0.0777. The fraction of sp³-hybridized carbons (Fsp3) is 0.529. The second kappa shape index (κ2) is 6.67. The van der Waals surface area contributed by atoms with Gasteiger partial charge in [0.05, 0.1) is 24.5 Å². The van der Waals surface area contributed by atoms with Crippen molar-refractivity contribution >= 4 is 27.3 Å². The number of carbonyl (C=O) groups is 2. The third kappa shape index (κ3) is 3.63. The number of nitrogens with one attached hydrogen (secondary N) is 1. The molecular weight excluding hydrogens is 344 g/mol. The molecule has 0 bridgehead atoms. The molecule has 7 nitrogen and oxygen atoms in total. The van der Waals surface area contributed by atoms with E-state index < -0.39 is 15.8 Å². The summed E-state index contributed by atoms with van der Waals surface area (Å²) in [6.45, 7) is 0. The second-order valence-electron chi connectivity index (χ2n) is 6.59. The SMILES string of the molecule is COc1ccc2c(c1)C(C(=O)N(C)C1CCS(=O)(=O)CC1)CC(=O)N2. The van der Waals surface area contributed by atoms with Crippen molar-refractivity contribution in [2.75, 3.05) is 31.0 Å². The number of hydrogen-bond acceptors (Lipinski definition) is 5. The van der Waals surface area contributed by atoms with Gasteiger partial charge in [0.1, 0.15) is 15.6 Å².